The SMILES string of the molecule is CN(Cc1cnn(C)c1)C1(CN)CCN2CCCC2C1. The van der Waals surface area contributed by atoms with Gasteiger partial charge in [-0.05, 0) is 39.3 Å². The van der Waals surface area contributed by atoms with Crippen molar-refractivity contribution in [3.05, 3.63) is 18.0 Å². The maximum absolute atomic E-state index is 6.20. The topological polar surface area (TPSA) is 50.3 Å². The summed E-state index contributed by atoms with van der Waals surface area (Å²) in [6.07, 6.45) is 9.19. The van der Waals surface area contributed by atoms with Gasteiger partial charge in [-0.15, -0.1) is 0 Å². The zero-order chi connectivity index (χ0) is 14.2. The fourth-order valence-electron chi connectivity index (χ4n) is 4.00. The smallest absolute Gasteiger partial charge is 0.0534 e. The van der Waals surface area contributed by atoms with Gasteiger partial charge in [0.15, 0.2) is 0 Å². The van der Waals surface area contributed by atoms with E-state index >= 15 is 0 Å². The second-order valence-electron chi connectivity index (χ2n) is 6.59. The van der Waals surface area contributed by atoms with E-state index < -0.39 is 0 Å². The minimum Gasteiger partial charge on any atom is -0.329 e. The highest BCUT2D eigenvalue weighted by atomic mass is 15.3. The summed E-state index contributed by atoms with van der Waals surface area (Å²) in [5.41, 5.74) is 7.64. The number of hydrogen-bond acceptors (Lipinski definition) is 4. The molecule has 5 heteroatoms. The summed E-state index contributed by atoms with van der Waals surface area (Å²) in [5, 5.41) is 4.27. The summed E-state index contributed by atoms with van der Waals surface area (Å²) in [4.78, 5) is 5.13. The number of likely N-dealkylation sites (N-methyl/N-ethyl adjacent to an activating group) is 1. The maximum atomic E-state index is 6.20. The molecule has 20 heavy (non-hydrogen) atoms. The lowest BCUT2D eigenvalue weighted by atomic mass is 9.81. The largest absolute Gasteiger partial charge is 0.329 e. The Morgan fingerprint density at radius 1 is 1.50 bits per heavy atom. The van der Waals surface area contributed by atoms with Crippen LogP contribution in [0, 0.1) is 0 Å². The van der Waals surface area contributed by atoms with E-state index in [0.29, 0.717) is 0 Å². The number of nitrogens with two attached hydrogens (primary N) is 1. The number of aryl methyl sites for hydroxylation is 1. The molecule has 3 heterocycles. The molecule has 112 valence electrons. The van der Waals surface area contributed by atoms with Gasteiger partial charge in [0.25, 0.3) is 0 Å². The Kier molecular flexibility index (Phi) is 3.84. The zero-order valence-corrected chi connectivity index (χ0v) is 12.8. The monoisotopic (exact) mass is 277 g/mol. The van der Waals surface area contributed by atoms with Gasteiger partial charge in [-0.1, -0.05) is 0 Å². The van der Waals surface area contributed by atoms with Crippen molar-refractivity contribution in [2.24, 2.45) is 12.8 Å². The molecule has 0 bridgehead atoms. The van der Waals surface area contributed by atoms with Crippen LogP contribution in [0.15, 0.2) is 12.4 Å². The first-order valence-electron chi connectivity index (χ1n) is 7.76. The van der Waals surface area contributed by atoms with Crippen LogP contribution in [0.1, 0.15) is 31.2 Å². The molecule has 0 saturated carbocycles. The van der Waals surface area contributed by atoms with Crippen molar-refractivity contribution in [1.82, 2.24) is 19.6 Å². The van der Waals surface area contributed by atoms with Crippen molar-refractivity contribution in [3.63, 3.8) is 0 Å². The number of nitrogens with zero attached hydrogens (tertiary/aromatic N) is 4. The van der Waals surface area contributed by atoms with Crippen molar-refractivity contribution < 1.29 is 0 Å². The van der Waals surface area contributed by atoms with Crippen LogP contribution in [0.25, 0.3) is 0 Å². The van der Waals surface area contributed by atoms with Crippen LogP contribution in [0.5, 0.6) is 0 Å². The fraction of sp³-hybridized carbons (Fsp3) is 0.800. The van der Waals surface area contributed by atoms with Crippen LogP contribution in [-0.2, 0) is 13.6 Å². The number of aromatic nitrogens is 2. The summed E-state index contributed by atoms with van der Waals surface area (Å²) in [5.74, 6) is 0. The molecular weight excluding hydrogens is 250 g/mol. The van der Waals surface area contributed by atoms with Gasteiger partial charge in [-0.25, -0.2) is 0 Å². The van der Waals surface area contributed by atoms with Gasteiger partial charge >= 0.3 is 0 Å². The standard InChI is InChI=1S/C15H27N5/c1-18(10-13-9-17-19(2)11-13)15(12-16)5-7-20-6-3-4-14(20)8-15/h9,11,14H,3-8,10,12,16H2,1-2H3. The van der Waals surface area contributed by atoms with Gasteiger partial charge < -0.3 is 10.6 Å². The van der Waals surface area contributed by atoms with E-state index in [0.717, 1.165) is 19.1 Å². The minimum absolute atomic E-state index is 0.168. The summed E-state index contributed by atoms with van der Waals surface area (Å²) < 4.78 is 1.87. The van der Waals surface area contributed by atoms with E-state index in [2.05, 4.69) is 28.1 Å². The third-order valence-electron chi connectivity index (χ3n) is 5.35. The van der Waals surface area contributed by atoms with E-state index in [1.54, 1.807) is 0 Å². The van der Waals surface area contributed by atoms with Crippen molar-refractivity contribution in [1.29, 1.82) is 0 Å². The first-order valence-corrected chi connectivity index (χ1v) is 7.76. The fourth-order valence-corrected chi connectivity index (χ4v) is 4.00. The average molecular weight is 277 g/mol. The first-order chi connectivity index (χ1) is 9.63. The lowest BCUT2D eigenvalue weighted by Crippen LogP contribution is -2.59. The lowest BCUT2D eigenvalue weighted by Gasteiger charge is -2.49. The molecule has 0 spiro atoms. The third kappa shape index (κ3) is 2.50. The molecule has 1 aromatic rings. The zero-order valence-electron chi connectivity index (χ0n) is 12.8. The molecule has 3 rings (SSSR count). The summed E-state index contributed by atoms with van der Waals surface area (Å²) >= 11 is 0. The Morgan fingerprint density at radius 2 is 2.35 bits per heavy atom. The average Bonchev–Trinajstić information content (AvgIpc) is 3.06. The highest BCUT2D eigenvalue weighted by molar-refractivity contribution is 5.07. The summed E-state index contributed by atoms with van der Waals surface area (Å²) in [6, 6.07) is 0.753. The van der Waals surface area contributed by atoms with Crippen molar-refractivity contribution in [3.8, 4) is 0 Å². The Bertz CT molecular complexity index is 457. The van der Waals surface area contributed by atoms with E-state index in [9.17, 15) is 0 Å². The molecule has 2 fully saturated rings. The molecule has 0 aliphatic carbocycles. The molecule has 2 atom stereocenters. The molecular formula is C15H27N5. The number of rotatable bonds is 4. The molecule has 2 saturated heterocycles. The second-order valence-corrected chi connectivity index (χ2v) is 6.59. The Morgan fingerprint density at radius 3 is 3.05 bits per heavy atom. The molecule has 2 N–H and O–H groups in total. The Hall–Kier alpha value is -0.910. The quantitative estimate of drug-likeness (QED) is 0.885. The molecule has 0 aromatic carbocycles. The maximum Gasteiger partial charge on any atom is 0.0534 e. The number of hydrogen-bond donors (Lipinski definition) is 1. The number of fused-ring (bicyclic) bond motifs is 1. The van der Waals surface area contributed by atoms with Gasteiger partial charge in [0.1, 0.15) is 0 Å². The third-order valence-corrected chi connectivity index (χ3v) is 5.35. The predicted molar refractivity (Wildman–Crippen MR) is 80.3 cm³/mol. The van der Waals surface area contributed by atoms with Crippen molar-refractivity contribution in [2.75, 3.05) is 26.7 Å². The molecule has 2 aliphatic rings. The second kappa shape index (κ2) is 5.47. The predicted octanol–water partition coefficient (Wildman–Crippen LogP) is 0.808. The molecule has 0 radical (unpaired) electrons. The van der Waals surface area contributed by atoms with E-state index in [1.807, 2.05) is 17.9 Å². The summed E-state index contributed by atoms with van der Waals surface area (Å²) in [6.45, 7) is 4.20. The van der Waals surface area contributed by atoms with E-state index in [1.165, 1.54) is 44.3 Å². The molecule has 0 amide bonds. The Balaban J connectivity index is 1.71. The van der Waals surface area contributed by atoms with Crippen LogP contribution >= 0.6 is 0 Å². The van der Waals surface area contributed by atoms with Crippen LogP contribution < -0.4 is 5.73 Å². The highest BCUT2D eigenvalue weighted by Gasteiger charge is 2.43. The van der Waals surface area contributed by atoms with Gasteiger partial charge in [-0.2, -0.15) is 5.10 Å². The van der Waals surface area contributed by atoms with E-state index in [-0.39, 0.29) is 5.54 Å². The normalized spacial score (nSPS) is 30.9. The molecule has 5 nitrogen and oxygen atoms in total. The van der Waals surface area contributed by atoms with Gasteiger partial charge in [0.2, 0.25) is 0 Å². The van der Waals surface area contributed by atoms with Crippen LogP contribution in [0.3, 0.4) is 0 Å². The first kappa shape index (κ1) is 14.0. The highest BCUT2D eigenvalue weighted by Crippen LogP contribution is 2.36. The van der Waals surface area contributed by atoms with Crippen LogP contribution in [0.4, 0.5) is 0 Å². The lowest BCUT2D eigenvalue weighted by molar-refractivity contribution is 0.0220. The van der Waals surface area contributed by atoms with Crippen molar-refractivity contribution in [2.45, 2.75) is 43.8 Å². The minimum atomic E-state index is 0.168. The Labute approximate surface area is 121 Å². The van der Waals surface area contributed by atoms with Crippen molar-refractivity contribution >= 4 is 0 Å². The molecule has 1 aromatic heterocycles. The van der Waals surface area contributed by atoms with Gasteiger partial charge in [0, 0.05) is 50.0 Å². The van der Waals surface area contributed by atoms with Crippen LogP contribution in [-0.4, -0.2) is 57.8 Å². The van der Waals surface area contributed by atoms with Gasteiger partial charge in [-0.3, -0.25) is 9.58 Å². The number of piperidine rings is 1. The molecule has 2 aliphatic heterocycles. The van der Waals surface area contributed by atoms with Crippen LogP contribution in [0.2, 0.25) is 0 Å². The summed E-state index contributed by atoms with van der Waals surface area (Å²) in [7, 11) is 4.20. The van der Waals surface area contributed by atoms with E-state index in [4.69, 9.17) is 5.73 Å². The molecule has 2 unspecified atom stereocenters. The van der Waals surface area contributed by atoms with Gasteiger partial charge in [0.05, 0.1) is 6.20 Å².